The van der Waals surface area contributed by atoms with Crippen LogP contribution >= 0.6 is 0 Å². The molecule has 216 valence electrons. The number of pyridine rings is 2. The number of fused-ring (bicyclic) bond motifs is 1. The van der Waals surface area contributed by atoms with E-state index in [0.29, 0.717) is 41.6 Å². The Kier molecular flexibility index (Phi) is 7.80. The number of imidazole rings is 1. The van der Waals surface area contributed by atoms with Crippen LogP contribution in [0.2, 0.25) is 0 Å². The van der Waals surface area contributed by atoms with Gasteiger partial charge in [-0.05, 0) is 68.8 Å². The molecule has 0 saturated carbocycles. The summed E-state index contributed by atoms with van der Waals surface area (Å²) in [6.07, 6.45) is 2.32. The lowest BCUT2D eigenvalue weighted by Crippen LogP contribution is -2.46. The molecule has 1 unspecified atom stereocenters. The fraction of sp³-hybridized carbons (Fsp3) is 0.281. The second-order valence-corrected chi connectivity index (χ2v) is 10.5. The standard InChI is InChI=1S/C32H31F3N6O/c1-20-5-4-8-28(39-20)31-30(40-29(41-31)18-38-27-7-3-2-6-25(27)33)21-9-10-26-22(15-21)16-24(17-37-26)42-14-12-23-11-13-36-19-32(23,34)35/h2-10,15-17,23,36,38H,11-14,18-19H2,1H3,(H,40,41). The summed E-state index contributed by atoms with van der Waals surface area (Å²) in [7, 11) is 0. The lowest BCUT2D eigenvalue weighted by Gasteiger charge is -2.31. The summed E-state index contributed by atoms with van der Waals surface area (Å²) in [5, 5.41) is 6.69. The minimum absolute atomic E-state index is 0.190. The van der Waals surface area contributed by atoms with E-state index in [4.69, 9.17) is 9.72 Å². The molecule has 1 fully saturated rings. The summed E-state index contributed by atoms with van der Waals surface area (Å²) >= 11 is 0. The van der Waals surface area contributed by atoms with Gasteiger partial charge in [0.2, 0.25) is 0 Å². The van der Waals surface area contributed by atoms with Crippen LogP contribution in [0.25, 0.3) is 33.5 Å². The van der Waals surface area contributed by atoms with Crippen molar-refractivity contribution in [3.8, 4) is 28.4 Å². The molecule has 10 heteroatoms. The van der Waals surface area contributed by atoms with E-state index in [1.807, 2.05) is 49.4 Å². The number of nitrogens with one attached hydrogen (secondary N) is 3. The highest BCUT2D eigenvalue weighted by molar-refractivity contribution is 5.87. The fourth-order valence-electron chi connectivity index (χ4n) is 5.27. The van der Waals surface area contributed by atoms with Crippen molar-refractivity contribution < 1.29 is 17.9 Å². The Bertz CT molecular complexity index is 1710. The average Bonchev–Trinajstić information content (AvgIpc) is 3.41. The molecule has 0 bridgehead atoms. The van der Waals surface area contributed by atoms with E-state index in [9.17, 15) is 13.2 Å². The highest BCUT2D eigenvalue weighted by Gasteiger charge is 2.41. The monoisotopic (exact) mass is 572 g/mol. The number of rotatable bonds is 9. The average molecular weight is 573 g/mol. The summed E-state index contributed by atoms with van der Waals surface area (Å²) in [6.45, 7) is 2.70. The minimum Gasteiger partial charge on any atom is -0.492 e. The second-order valence-electron chi connectivity index (χ2n) is 10.5. The zero-order valence-electron chi connectivity index (χ0n) is 23.1. The Balaban J connectivity index is 1.26. The third-order valence-electron chi connectivity index (χ3n) is 7.51. The maximum Gasteiger partial charge on any atom is 0.263 e. The first-order valence-electron chi connectivity index (χ1n) is 14.0. The van der Waals surface area contributed by atoms with Gasteiger partial charge in [0, 0.05) is 22.6 Å². The Morgan fingerprint density at radius 3 is 2.76 bits per heavy atom. The summed E-state index contributed by atoms with van der Waals surface area (Å²) < 4.78 is 48.4. The maximum atomic E-state index is 14.2. The summed E-state index contributed by atoms with van der Waals surface area (Å²) in [5.41, 5.74) is 5.03. The molecule has 5 aromatic rings. The zero-order chi connectivity index (χ0) is 29.1. The molecule has 4 heterocycles. The van der Waals surface area contributed by atoms with Crippen molar-refractivity contribution in [3.63, 3.8) is 0 Å². The third kappa shape index (κ3) is 6.08. The fourth-order valence-corrected chi connectivity index (χ4v) is 5.27. The number of aryl methyl sites for hydroxylation is 1. The number of aromatic amines is 1. The van der Waals surface area contributed by atoms with Crippen molar-refractivity contribution in [1.82, 2.24) is 25.3 Å². The van der Waals surface area contributed by atoms with Crippen molar-refractivity contribution >= 4 is 16.6 Å². The zero-order valence-corrected chi connectivity index (χ0v) is 23.1. The lowest BCUT2D eigenvalue weighted by atomic mass is 9.91. The number of para-hydroxylation sites is 1. The van der Waals surface area contributed by atoms with Gasteiger partial charge in [0.25, 0.3) is 5.92 Å². The van der Waals surface area contributed by atoms with Gasteiger partial charge in [-0.25, -0.2) is 18.2 Å². The summed E-state index contributed by atoms with van der Waals surface area (Å²) in [5.74, 6) is -2.62. The number of hydrogen-bond donors (Lipinski definition) is 3. The van der Waals surface area contributed by atoms with Crippen molar-refractivity contribution in [2.75, 3.05) is 25.0 Å². The number of ether oxygens (including phenoxy) is 1. The van der Waals surface area contributed by atoms with E-state index >= 15 is 0 Å². The highest BCUT2D eigenvalue weighted by atomic mass is 19.3. The molecule has 1 saturated heterocycles. The summed E-state index contributed by atoms with van der Waals surface area (Å²) in [4.78, 5) is 17.4. The maximum absolute atomic E-state index is 14.2. The number of hydrogen-bond acceptors (Lipinski definition) is 6. The van der Waals surface area contributed by atoms with Gasteiger partial charge in [0.1, 0.15) is 23.1 Å². The SMILES string of the molecule is Cc1cccc(-c2nc(CNc3ccccc3F)[nH]c2-c2ccc3ncc(OCCC4CCNCC4(F)F)cc3c2)n1. The van der Waals surface area contributed by atoms with Crippen molar-refractivity contribution in [2.24, 2.45) is 5.92 Å². The summed E-state index contributed by atoms with van der Waals surface area (Å²) in [6, 6.07) is 20.0. The van der Waals surface area contributed by atoms with Gasteiger partial charge in [-0.1, -0.05) is 24.3 Å². The van der Waals surface area contributed by atoms with Crippen molar-refractivity contribution in [2.45, 2.75) is 32.2 Å². The van der Waals surface area contributed by atoms with E-state index in [-0.39, 0.29) is 31.9 Å². The first kappa shape index (κ1) is 27.7. The Labute approximate surface area is 241 Å². The molecule has 3 aromatic heterocycles. The molecule has 3 N–H and O–H groups in total. The number of aromatic nitrogens is 4. The van der Waals surface area contributed by atoms with E-state index in [2.05, 4.69) is 25.6 Å². The van der Waals surface area contributed by atoms with E-state index < -0.39 is 11.8 Å². The first-order valence-corrected chi connectivity index (χ1v) is 14.0. The van der Waals surface area contributed by atoms with Gasteiger partial charge in [0.05, 0.1) is 48.5 Å². The number of anilines is 1. The van der Waals surface area contributed by atoms with Gasteiger partial charge in [-0.2, -0.15) is 0 Å². The van der Waals surface area contributed by atoms with Crippen LogP contribution in [0, 0.1) is 18.7 Å². The lowest BCUT2D eigenvalue weighted by molar-refractivity contribution is -0.0789. The van der Waals surface area contributed by atoms with Crippen LogP contribution in [0.5, 0.6) is 5.75 Å². The number of halogens is 3. The quantitative estimate of drug-likeness (QED) is 0.181. The molecule has 2 aromatic carbocycles. The molecule has 0 amide bonds. The van der Waals surface area contributed by atoms with Gasteiger partial charge < -0.3 is 20.4 Å². The molecule has 0 radical (unpaired) electrons. The normalized spacial score (nSPS) is 16.4. The number of piperidine rings is 1. The third-order valence-corrected chi connectivity index (χ3v) is 7.51. The van der Waals surface area contributed by atoms with E-state index in [1.165, 1.54) is 6.07 Å². The van der Waals surface area contributed by atoms with E-state index in [1.54, 1.807) is 24.4 Å². The van der Waals surface area contributed by atoms with Crippen LogP contribution in [-0.2, 0) is 6.54 Å². The molecule has 1 aliphatic heterocycles. The Hall–Kier alpha value is -4.44. The molecule has 7 nitrogen and oxygen atoms in total. The van der Waals surface area contributed by atoms with Crippen molar-refractivity contribution in [1.29, 1.82) is 0 Å². The van der Waals surface area contributed by atoms with Crippen LogP contribution in [0.15, 0.2) is 72.9 Å². The smallest absolute Gasteiger partial charge is 0.263 e. The van der Waals surface area contributed by atoms with Gasteiger partial charge in [-0.15, -0.1) is 0 Å². The minimum atomic E-state index is -2.73. The van der Waals surface area contributed by atoms with Crippen LogP contribution in [0.1, 0.15) is 24.4 Å². The Morgan fingerprint density at radius 2 is 1.93 bits per heavy atom. The molecule has 6 rings (SSSR count). The predicted molar refractivity (Wildman–Crippen MR) is 157 cm³/mol. The van der Waals surface area contributed by atoms with Gasteiger partial charge in [0.15, 0.2) is 0 Å². The predicted octanol–water partition coefficient (Wildman–Crippen LogP) is 6.76. The highest BCUT2D eigenvalue weighted by Crippen LogP contribution is 2.34. The van der Waals surface area contributed by atoms with E-state index in [0.717, 1.165) is 27.9 Å². The molecular weight excluding hydrogens is 541 g/mol. The van der Waals surface area contributed by atoms with Gasteiger partial charge >= 0.3 is 0 Å². The van der Waals surface area contributed by atoms with Crippen molar-refractivity contribution in [3.05, 3.63) is 90.3 Å². The topological polar surface area (TPSA) is 87.8 Å². The van der Waals surface area contributed by atoms with Crippen LogP contribution in [0.3, 0.4) is 0 Å². The second kappa shape index (κ2) is 11.8. The number of H-pyrrole nitrogens is 1. The molecule has 0 aliphatic carbocycles. The van der Waals surface area contributed by atoms with Gasteiger partial charge in [-0.3, -0.25) is 9.97 Å². The molecule has 42 heavy (non-hydrogen) atoms. The molecular formula is C32H31F3N6O. The van der Waals surface area contributed by atoms with Crippen LogP contribution in [-0.4, -0.2) is 45.6 Å². The number of alkyl halides is 2. The Morgan fingerprint density at radius 1 is 1.05 bits per heavy atom. The number of nitrogens with zero attached hydrogens (tertiary/aromatic N) is 3. The molecule has 1 atom stereocenters. The molecule has 1 aliphatic rings. The first-order chi connectivity index (χ1) is 20.4. The molecule has 0 spiro atoms. The van der Waals surface area contributed by atoms with Crippen LogP contribution in [0.4, 0.5) is 18.9 Å². The number of benzene rings is 2. The largest absolute Gasteiger partial charge is 0.492 e. The van der Waals surface area contributed by atoms with Crippen LogP contribution < -0.4 is 15.4 Å².